The molecule has 0 aliphatic carbocycles. The van der Waals surface area contributed by atoms with Crippen molar-refractivity contribution in [2.24, 2.45) is 0 Å². The van der Waals surface area contributed by atoms with Crippen molar-refractivity contribution in [2.75, 3.05) is 26.0 Å². The van der Waals surface area contributed by atoms with Crippen LogP contribution in [0.15, 0.2) is 35.5 Å². The molecular weight excluding hydrogens is 408 g/mol. The summed E-state index contributed by atoms with van der Waals surface area (Å²) in [5, 5.41) is 4.90. The van der Waals surface area contributed by atoms with E-state index in [4.69, 9.17) is 4.74 Å². The number of rotatable bonds is 7. The third kappa shape index (κ3) is 5.07. The number of methoxy groups -OCH3 is 1. The van der Waals surface area contributed by atoms with Gasteiger partial charge in [-0.05, 0) is 38.5 Å². The Kier molecular flexibility index (Phi) is 6.88. The largest absolute Gasteiger partial charge is 0.466 e. The monoisotopic (exact) mass is 430 g/mol. The summed E-state index contributed by atoms with van der Waals surface area (Å²) in [6.07, 6.45) is 3.18. The van der Waals surface area contributed by atoms with Crippen LogP contribution in [-0.4, -0.2) is 63.5 Å². The van der Waals surface area contributed by atoms with E-state index in [0.29, 0.717) is 29.4 Å². The maximum absolute atomic E-state index is 12.2. The van der Waals surface area contributed by atoms with Crippen molar-refractivity contribution in [2.45, 2.75) is 20.3 Å². The molecule has 1 aliphatic rings. The number of ether oxygens (including phenoxy) is 2. The lowest BCUT2D eigenvalue weighted by Crippen LogP contribution is -2.27. The average molecular weight is 430 g/mol. The molecule has 0 atom stereocenters. The lowest BCUT2D eigenvalue weighted by Gasteiger charge is -2.16. The van der Waals surface area contributed by atoms with Gasteiger partial charge in [0.1, 0.15) is 0 Å². The molecule has 1 saturated heterocycles. The summed E-state index contributed by atoms with van der Waals surface area (Å²) >= 11 is 1.28. The van der Waals surface area contributed by atoms with Crippen molar-refractivity contribution in [3.63, 3.8) is 0 Å². The predicted molar refractivity (Wildman–Crippen MR) is 110 cm³/mol. The molecule has 0 bridgehead atoms. The third-order valence-corrected chi connectivity index (χ3v) is 5.35. The van der Waals surface area contributed by atoms with Crippen LogP contribution in [0.2, 0.25) is 0 Å². The predicted octanol–water partition coefficient (Wildman–Crippen LogP) is 2.02. The number of nitrogens with zero attached hydrogens (tertiary/aromatic N) is 4. The number of carbonyl (C=O) groups is 3. The summed E-state index contributed by atoms with van der Waals surface area (Å²) in [4.78, 5) is 41.4. The van der Waals surface area contributed by atoms with Gasteiger partial charge in [0.15, 0.2) is 5.82 Å². The molecule has 0 aromatic carbocycles. The lowest BCUT2D eigenvalue weighted by atomic mass is 10.3. The summed E-state index contributed by atoms with van der Waals surface area (Å²) < 4.78 is 11.6. The van der Waals surface area contributed by atoms with E-state index in [2.05, 4.69) is 14.8 Å². The van der Waals surface area contributed by atoms with Gasteiger partial charge in [-0.3, -0.25) is 4.79 Å². The van der Waals surface area contributed by atoms with Gasteiger partial charge in [0.2, 0.25) is 5.91 Å². The minimum Gasteiger partial charge on any atom is -0.466 e. The fraction of sp³-hybridized carbons (Fsp3) is 0.350. The molecule has 3 heterocycles. The molecule has 2 aromatic rings. The molecule has 0 N–H and O–H groups in total. The topological polar surface area (TPSA) is 104 Å². The van der Waals surface area contributed by atoms with Crippen molar-refractivity contribution in [1.82, 2.24) is 19.7 Å². The van der Waals surface area contributed by atoms with Gasteiger partial charge in [-0.25, -0.2) is 19.3 Å². The number of carbonyl (C=O) groups excluding carboxylic acids is 3. The van der Waals surface area contributed by atoms with Gasteiger partial charge in [-0.1, -0.05) is 11.8 Å². The smallest absolute Gasteiger partial charge is 0.339 e. The summed E-state index contributed by atoms with van der Waals surface area (Å²) in [5.41, 5.74) is 2.17. The highest BCUT2D eigenvalue weighted by molar-refractivity contribution is 8.04. The molecule has 0 radical (unpaired) electrons. The molecule has 1 aliphatic heterocycles. The zero-order valence-electron chi connectivity index (χ0n) is 17.0. The minimum absolute atomic E-state index is 0.0922. The van der Waals surface area contributed by atoms with Crippen LogP contribution in [0, 0.1) is 13.8 Å². The molecule has 0 unspecified atom stereocenters. The van der Waals surface area contributed by atoms with Crippen LogP contribution in [0.25, 0.3) is 5.82 Å². The number of hydrogen-bond donors (Lipinski definition) is 0. The molecule has 30 heavy (non-hydrogen) atoms. The third-order valence-electron chi connectivity index (χ3n) is 4.32. The number of aryl methyl sites for hydroxylation is 2. The second-order valence-electron chi connectivity index (χ2n) is 6.57. The Morgan fingerprint density at radius 2 is 2.10 bits per heavy atom. The van der Waals surface area contributed by atoms with Crippen LogP contribution in [-0.2, 0) is 19.1 Å². The van der Waals surface area contributed by atoms with E-state index >= 15 is 0 Å². The molecule has 0 spiro atoms. The molecule has 9 nitrogen and oxygen atoms in total. The van der Waals surface area contributed by atoms with Crippen LogP contribution in [0.3, 0.4) is 0 Å². The van der Waals surface area contributed by atoms with Crippen LogP contribution in [0.4, 0.5) is 0 Å². The van der Waals surface area contributed by atoms with Crippen molar-refractivity contribution in [1.29, 1.82) is 0 Å². The first-order chi connectivity index (χ1) is 14.4. The molecule has 3 rings (SSSR count). The number of esters is 2. The Morgan fingerprint density at radius 1 is 1.30 bits per heavy atom. The van der Waals surface area contributed by atoms with Crippen LogP contribution >= 0.6 is 11.8 Å². The minimum atomic E-state index is -0.514. The Hall–Kier alpha value is -3.14. The van der Waals surface area contributed by atoms with Gasteiger partial charge < -0.3 is 14.4 Å². The number of amides is 1. The Morgan fingerprint density at radius 3 is 2.73 bits per heavy atom. The van der Waals surface area contributed by atoms with Crippen LogP contribution < -0.4 is 0 Å². The highest BCUT2D eigenvalue weighted by Crippen LogP contribution is 2.28. The van der Waals surface area contributed by atoms with E-state index in [1.54, 1.807) is 16.8 Å². The van der Waals surface area contributed by atoms with Crippen molar-refractivity contribution < 1.29 is 23.9 Å². The molecule has 1 amide bonds. The van der Waals surface area contributed by atoms with E-state index in [1.807, 2.05) is 19.9 Å². The van der Waals surface area contributed by atoms with E-state index in [-0.39, 0.29) is 18.3 Å². The first kappa shape index (κ1) is 21.6. The number of hydrogen-bond acceptors (Lipinski definition) is 8. The normalized spacial score (nSPS) is 15.0. The van der Waals surface area contributed by atoms with Gasteiger partial charge in [-0.15, -0.1) is 0 Å². The lowest BCUT2D eigenvalue weighted by molar-refractivity contribution is -0.134. The van der Waals surface area contributed by atoms with Gasteiger partial charge in [0.25, 0.3) is 0 Å². The molecular formula is C20H22N4O5S. The van der Waals surface area contributed by atoms with Crippen LogP contribution in [0.5, 0.6) is 0 Å². The quantitative estimate of drug-likeness (QED) is 0.373. The van der Waals surface area contributed by atoms with Crippen molar-refractivity contribution >= 4 is 29.6 Å². The first-order valence-corrected chi connectivity index (χ1v) is 10.3. The van der Waals surface area contributed by atoms with Gasteiger partial charge in [0.05, 0.1) is 41.8 Å². The molecule has 1 fully saturated rings. The van der Waals surface area contributed by atoms with Gasteiger partial charge in [0, 0.05) is 18.4 Å². The number of aromatic nitrogens is 3. The second kappa shape index (κ2) is 9.57. The summed E-state index contributed by atoms with van der Waals surface area (Å²) in [7, 11) is 1.28. The number of thioether (sulfide) groups is 1. The van der Waals surface area contributed by atoms with E-state index in [9.17, 15) is 14.4 Å². The maximum Gasteiger partial charge on any atom is 0.339 e. The summed E-state index contributed by atoms with van der Waals surface area (Å²) in [6.45, 7) is 4.31. The van der Waals surface area contributed by atoms with Crippen molar-refractivity contribution in [3.8, 4) is 5.82 Å². The molecule has 0 saturated carbocycles. The Balaban J connectivity index is 1.51. The highest BCUT2D eigenvalue weighted by atomic mass is 32.2. The molecule has 10 heteroatoms. The molecule has 158 valence electrons. The zero-order valence-corrected chi connectivity index (χ0v) is 17.8. The van der Waals surface area contributed by atoms with E-state index < -0.39 is 11.9 Å². The SMILES string of the molecule is COC(=O)/C=C1/SCC(=O)N1CCCOC(=O)c1ccc(-n2nc(C)cc2C)nc1. The van der Waals surface area contributed by atoms with Gasteiger partial charge >= 0.3 is 11.9 Å². The zero-order chi connectivity index (χ0) is 21.7. The summed E-state index contributed by atoms with van der Waals surface area (Å²) in [6, 6.07) is 5.29. The second-order valence-corrected chi connectivity index (χ2v) is 7.57. The first-order valence-electron chi connectivity index (χ1n) is 9.28. The summed E-state index contributed by atoms with van der Waals surface area (Å²) in [5.74, 6) is -0.206. The Labute approximate surface area is 178 Å². The van der Waals surface area contributed by atoms with Crippen molar-refractivity contribution in [3.05, 3.63) is 52.5 Å². The maximum atomic E-state index is 12.2. The van der Waals surface area contributed by atoms with Crippen LogP contribution in [0.1, 0.15) is 28.2 Å². The standard InChI is InChI=1S/C20H22N4O5S/c1-13-9-14(2)24(22-13)16-6-5-15(11-21-16)20(27)29-8-4-7-23-17(25)12-30-18(23)10-19(26)28-3/h5-6,9-11H,4,7-8,12H2,1-3H3/b18-10+. The Bertz CT molecular complexity index is 984. The molecule has 2 aromatic heterocycles. The highest BCUT2D eigenvalue weighted by Gasteiger charge is 2.27. The fourth-order valence-electron chi connectivity index (χ4n) is 2.89. The van der Waals surface area contributed by atoms with Gasteiger partial charge in [-0.2, -0.15) is 5.10 Å². The number of pyridine rings is 1. The average Bonchev–Trinajstić information content (AvgIpc) is 3.26. The fourth-order valence-corrected chi connectivity index (χ4v) is 3.85. The van der Waals surface area contributed by atoms with E-state index in [1.165, 1.54) is 36.0 Å². The van der Waals surface area contributed by atoms with E-state index in [0.717, 1.165) is 11.4 Å².